The molecule has 110 valence electrons. The molecule has 21 heavy (non-hydrogen) atoms. The fourth-order valence-corrected chi connectivity index (χ4v) is 3.35. The smallest absolute Gasteiger partial charge is 0.130 e. The molecule has 0 aliphatic carbocycles. The largest absolute Gasteiger partial charge is 0.493 e. The monoisotopic (exact) mass is 349 g/mol. The van der Waals surface area contributed by atoms with Gasteiger partial charge in [0, 0.05) is 22.5 Å². The van der Waals surface area contributed by atoms with Gasteiger partial charge in [-0.3, -0.25) is 0 Å². The van der Waals surface area contributed by atoms with Crippen LogP contribution in [0.5, 0.6) is 5.75 Å². The molecule has 0 saturated heterocycles. The molecule has 2 N–H and O–H groups in total. The molecule has 0 amide bonds. The minimum Gasteiger partial charge on any atom is -0.493 e. The molecule has 1 aliphatic heterocycles. The van der Waals surface area contributed by atoms with Gasteiger partial charge < -0.3 is 10.5 Å². The summed E-state index contributed by atoms with van der Waals surface area (Å²) in [7, 11) is 0. The number of halogens is 2. The lowest BCUT2D eigenvalue weighted by molar-refractivity contribution is 0.352. The first-order valence-electron chi connectivity index (χ1n) is 7.01. The van der Waals surface area contributed by atoms with Crippen molar-refractivity contribution in [1.29, 1.82) is 0 Å². The number of hydrogen-bond acceptors (Lipinski definition) is 2. The van der Waals surface area contributed by atoms with E-state index < -0.39 is 0 Å². The Morgan fingerprint density at radius 1 is 1.38 bits per heavy atom. The van der Waals surface area contributed by atoms with Crippen LogP contribution in [0.25, 0.3) is 0 Å². The van der Waals surface area contributed by atoms with Crippen molar-refractivity contribution in [3.63, 3.8) is 0 Å². The summed E-state index contributed by atoms with van der Waals surface area (Å²) in [5.41, 5.74) is 9.63. The molecular weight excluding hydrogens is 333 g/mol. The Labute approximate surface area is 132 Å². The van der Waals surface area contributed by atoms with E-state index in [9.17, 15) is 4.39 Å². The quantitative estimate of drug-likeness (QED) is 0.906. The lowest BCUT2D eigenvalue weighted by atomic mass is 9.96. The lowest BCUT2D eigenvalue weighted by Crippen LogP contribution is -2.16. The lowest BCUT2D eigenvalue weighted by Gasteiger charge is -2.16. The molecule has 2 aromatic rings. The van der Waals surface area contributed by atoms with Crippen molar-refractivity contribution < 1.29 is 9.13 Å². The van der Waals surface area contributed by atoms with Gasteiger partial charge >= 0.3 is 0 Å². The number of aryl methyl sites for hydroxylation is 1. The Bertz CT molecular complexity index is 687. The summed E-state index contributed by atoms with van der Waals surface area (Å²) in [6.07, 6.45) is 1.47. The van der Waals surface area contributed by atoms with Gasteiger partial charge in [0.05, 0.1) is 6.61 Å². The highest BCUT2D eigenvalue weighted by atomic mass is 79.9. The van der Waals surface area contributed by atoms with Gasteiger partial charge in [0.2, 0.25) is 0 Å². The van der Waals surface area contributed by atoms with Crippen molar-refractivity contribution in [2.24, 2.45) is 5.73 Å². The van der Waals surface area contributed by atoms with E-state index in [1.54, 1.807) is 19.1 Å². The van der Waals surface area contributed by atoms with Gasteiger partial charge in [-0.15, -0.1) is 0 Å². The van der Waals surface area contributed by atoms with E-state index in [4.69, 9.17) is 10.5 Å². The van der Waals surface area contributed by atoms with Crippen molar-refractivity contribution in [3.8, 4) is 5.75 Å². The topological polar surface area (TPSA) is 35.2 Å². The zero-order chi connectivity index (χ0) is 15.0. The van der Waals surface area contributed by atoms with Crippen LogP contribution in [-0.2, 0) is 12.8 Å². The molecule has 1 unspecified atom stereocenters. The van der Waals surface area contributed by atoms with Crippen molar-refractivity contribution in [2.75, 3.05) is 6.61 Å². The molecule has 0 spiro atoms. The fourth-order valence-electron chi connectivity index (χ4n) is 2.80. The maximum Gasteiger partial charge on any atom is 0.130 e. The van der Waals surface area contributed by atoms with Crippen LogP contribution in [-0.4, -0.2) is 6.61 Å². The summed E-state index contributed by atoms with van der Waals surface area (Å²) < 4.78 is 20.9. The number of ether oxygens (including phenoxy) is 1. The average molecular weight is 350 g/mol. The van der Waals surface area contributed by atoms with E-state index >= 15 is 0 Å². The highest BCUT2D eigenvalue weighted by Gasteiger charge is 2.21. The Morgan fingerprint density at radius 3 is 3.00 bits per heavy atom. The van der Waals surface area contributed by atoms with Gasteiger partial charge in [-0.25, -0.2) is 4.39 Å². The van der Waals surface area contributed by atoms with Crippen LogP contribution in [0.4, 0.5) is 4.39 Å². The standard InChI is InChI=1S/C17H17BrFNO/c1-10-3-2-4-14(16(10)19)15(20)9-12-8-13(18)7-11-5-6-21-17(11)12/h2-4,7-8,15H,5-6,9,20H2,1H3. The Kier molecular flexibility index (Phi) is 4.00. The zero-order valence-electron chi connectivity index (χ0n) is 11.8. The number of fused-ring (bicyclic) bond motifs is 1. The van der Waals surface area contributed by atoms with Gasteiger partial charge in [0.15, 0.2) is 0 Å². The third-order valence-electron chi connectivity index (χ3n) is 3.89. The molecule has 1 atom stereocenters. The maximum absolute atomic E-state index is 14.2. The zero-order valence-corrected chi connectivity index (χ0v) is 13.4. The number of benzene rings is 2. The van der Waals surface area contributed by atoms with E-state index in [2.05, 4.69) is 22.0 Å². The minimum atomic E-state index is -0.382. The van der Waals surface area contributed by atoms with Gasteiger partial charge in [-0.2, -0.15) is 0 Å². The molecule has 0 fully saturated rings. The van der Waals surface area contributed by atoms with Crippen LogP contribution in [0.15, 0.2) is 34.8 Å². The van der Waals surface area contributed by atoms with Crippen LogP contribution in [0.1, 0.15) is 28.3 Å². The van der Waals surface area contributed by atoms with Gasteiger partial charge in [-0.05, 0) is 42.2 Å². The summed E-state index contributed by atoms with van der Waals surface area (Å²) in [5, 5.41) is 0. The highest BCUT2D eigenvalue weighted by Crippen LogP contribution is 2.35. The van der Waals surface area contributed by atoms with E-state index in [0.29, 0.717) is 24.2 Å². The van der Waals surface area contributed by atoms with E-state index in [1.165, 1.54) is 5.56 Å². The molecule has 0 aromatic heterocycles. The number of nitrogens with two attached hydrogens (primary N) is 1. The summed E-state index contributed by atoms with van der Waals surface area (Å²) in [6.45, 7) is 2.46. The molecule has 1 aliphatic rings. The third kappa shape index (κ3) is 2.83. The SMILES string of the molecule is Cc1cccc(C(N)Cc2cc(Br)cc3c2OCC3)c1F. The molecule has 0 saturated carbocycles. The summed E-state index contributed by atoms with van der Waals surface area (Å²) >= 11 is 3.52. The molecule has 2 aromatic carbocycles. The van der Waals surface area contributed by atoms with Crippen LogP contribution in [0.2, 0.25) is 0 Å². The second-order valence-electron chi connectivity index (χ2n) is 5.44. The highest BCUT2D eigenvalue weighted by molar-refractivity contribution is 9.10. The molecule has 0 bridgehead atoms. The van der Waals surface area contributed by atoms with Crippen molar-refractivity contribution in [2.45, 2.75) is 25.8 Å². The molecular formula is C17H17BrFNO. The fraction of sp³-hybridized carbons (Fsp3) is 0.294. The summed E-state index contributed by atoms with van der Waals surface area (Å²) in [6, 6.07) is 9.06. The second-order valence-corrected chi connectivity index (χ2v) is 6.36. The first-order valence-corrected chi connectivity index (χ1v) is 7.80. The predicted molar refractivity (Wildman–Crippen MR) is 85.1 cm³/mol. The van der Waals surface area contributed by atoms with Crippen LogP contribution in [0, 0.1) is 12.7 Å². The van der Waals surface area contributed by atoms with Crippen LogP contribution in [0.3, 0.4) is 0 Å². The maximum atomic E-state index is 14.2. The first kappa shape index (κ1) is 14.5. The molecule has 4 heteroatoms. The van der Waals surface area contributed by atoms with E-state index in [1.807, 2.05) is 12.1 Å². The molecule has 2 nitrogen and oxygen atoms in total. The normalized spacial score (nSPS) is 14.7. The van der Waals surface area contributed by atoms with Crippen molar-refractivity contribution >= 4 is 15.9 Å². The summed E-state index contributed by atoms with van der Waals surface area (Å²) in [4.78, 5) is 0. The van der Waals surface area contributed by atoms with Crippen LogP contribution < -0.4 is 10.5 Å². The first-order chi connectivity index (χ1) is 10.1. The van der Waals surface area contributed by atoms with Gasteiger partial charge in [-0.1, -0.05) is 34.1 Å². The third-order valence-corrected chi connectivity index (χ3v) is 4.34. The average Bonchev–Trinajstić information content (AvgIpc) is 2.90. The molecule has 3 rings (SSSR count). The minimum absolute atomic E-state index is 0.211. The second kappa shape index (κ2) is 5.78. The summed E-state index contributed by atoms with van der Waals surface area (Å²) in [5.74, 6) is 0.708. The van der Waals surface area contributed by atoms with E-state index in [-0.39, 0.29) is 11.9 Å². The van der Waals surface area contributed by atoms with E-state index in [0.717, 1.165) is 22.2 Å². The Morgan fingerprint density at radius 2 is 2.19 bits per heavy atom. The number of rotatable bonds is 3. The Hall–Kier alpha value is -1.39. The van der Waals surface area contributed by atoms with Crippen molar-refractivity contribution in [1.82, 2.24) is 0 Å². The number of hydrogen-bond donors (Lipinski definition) is 1. The van der Waals surface area contributed by atoms with Crippen molar-refractivity contribution in [3.05, 3.63) is 62.9 Å². The van der Waals surface area contributed by atoms with Gasteiger partial charge in [0.25, 0.3) is 0 Å². The molecule has 1 heterocycles. The molecule has 0 radical (unpaired) electrons. The van der Waals surface area contributed by atoms with Gasteiger partial charge in [0.1, 0.15) is 11.6 Å². The van der Waals surface area contributed by atoms with Crippen LogP contribution >= 0.6 is 15.9 Å². The predicted octanol–water partition coefficient (Wildman–Crippen LogP) is 4.07. The Balaban J connectivity index is 1.92.